The Labute approximate surface area is 107 Å². The molecule has 94 valence electrons. The maximum Gasteiger partial charge on any atom is 0.253 e. The lowest BCUT2D eigenvalue weighted by molar-refractivity contribution is 0.0766. The molecule has 2 rings (SSSR count). The van der Waals surface area contributed by atoms with Crippen molar-refractivity contribution in [1.82, 2.24) is 10.2 Å². The summed E-state index contributed by atoms with van der Waals surface area (Å²) >= 11 is 0. The highest BCUT2D eigenvalue weighted by atomic mass is 16.2. The zero-order chi connectivity index (χ0) is 12.8. The van der Waals surface area contributed by atoms with Gasteiger partial charge in [-0.1, -0.05) is 12.1 Å². The van der Waals surface area contributed by atoms with Crippen LogP contribution in [0.25, 0.3) is 0 Å². The second kappa shape index (κ2) is 6.18. The van der Waals surface area contributed by atoms with E-state index < -0.39 is 0 Å². The largest absolute Gasteiger partial charge is 0.337 e. The highest BCUT2D eigenvalue weighted by molar-refractivity contribution is 5.94. The Hall–Kier alpha value is -1.86. The van der Waals surface area contributed by atoms with Crippen molar-refractivity contribution in [2.45, 2.75) is 12.8 Å². The molecule has 0 unspecified atom stereocenters. The molecule has 1 heterocycles. The van der Waals surface area contributed by atoms with Crippen LogP contribution < -0.4 is 5.32 Å². The Balaban J connectivity index is 2.12. The van der Waals surface area contributed by atoms with Crippen LogP contribution in [0.5, 0.6) is 0 Å². The second-order valence-electron chi connectivity index (χ2n) is 4.43. The molecule has 4 nitrogen and oxygen atoms in total. The molecule has 1 aliphatic rings. The van der Waals surface area contributed by atoms with Crippen LogP contribution in [-0.2, 0) is 6.42 Å². The first-order chi connectivity index (χ1) is 8.81. The highest BCUT2D eigenvalue weighted by Crippen LogP contribution is 2.10. The molecule has 1 fully saturated rings. The van der Waals surface area contributed by atoms with Crippen LogP contribution in [0.15, 0.2) is 24.3 Å². The minimum absolute atomic E-state index is 0.0680. The fraction of sp³-hybridized carbons (Fsp3) is 0.429. The van der Waals surface area contributed by atoms with Gasteiger partial charge in [0, 0.05) is 25.2 Å². The summed E-state index contributed by atoms with van der Waals surface area (Å²) in [4.78, 5) is 14.2. The maximum atomic E-state index is 12.3. The van der Waals surface area contributed by atoms with Crippen LogP contribution in [0.2, 0.25) is 0 Å². The molecule has 1 saturated heterocycles. The lowest BCUT2D eigenvalue weighted by Gasteiger charge is -2.20. The van der Waals surface area contributed by atoms with Gasteiger partial charge in [-0.25, -0.2) is 0 Å². The Bertz CT molecular complexity index is 456. The summed E-state index contributed by atoms with van der Waals surface area (Å²) in [5, 5.41) is 12.0. The number of nitriles is 1. The van der Waals surface area contributed by atoms with Gasteiger partial charge in [0.1, 0.15) is 0 Å². The smallest absolute Gasteiger partial charge is 0.253 e. The summed E-state index contributed by atoms with van der Waals surface area (Å²) in [7, 11) is 0. The van der Waals surface area contributed by atoms with Gasteiger partial charge in [-0.05, 0) is 30.7 Å². The Kier molecular flexibility index (Phi) is 4.32. The van der Waals surface area contributed by atoms with Crippen molar-refractivity contribution in [3.8, 4) is 6.07 Å². The third-order valence-electron chi connectivity index (χ3n) is 3.08. The number of nitrogens with one attached hydrogen (secondary N) is 1. The van der Waals surface area contributed by atoms with Gasteiger partial charge in [0.2, 0.25) is 0 Å². The molecule has 0 aliphatic carbocycles. The van der Waals surface area contributed by atoms with Crippen molar-refractivity contribution in [1.29, 1.82) is 5.26 Å². The topological polar surface area (TPSA) is 56.1 Å². The summed E-state index contributed by atoms with van der Waals surface area (Å²) in [5.41, 5.74) is 1.58. The van der Waals surface area contributed by atoms with E-state index >= 15 is 0 Å². The number of nitrogens with zero attached hydrogens (tertiary/aromatic N) is 2. The first kappa shape index (κ1) is 12.6. The lowest BCUT2D eigenvalue weighted by Crippen LogP contribution is -2.34. The lowest BCUT2D eigenvalue weighted by atomic mass is 10.1. The minimum Gasteiger partial charge on any atom is -0.337 e. The molecule has 0 spiro atoms. The molecule has 4 heteroatoms. The Morgan fingerprint density at radius 1 is 1.39 bits per heavy atom. The number of rotatable bonds is 2. The number of amides is 1. The molecule has 18 heavy (non-hydrogen) atoms. The third kappa shape index (κ3) is 3.08. The molecule has 1 N–H and O–H groups in total. The van der Waals surface area contributed by atoms with Gasteiger partial charge in [-0.3, -0.25) is 4.79 Å². The van der Waals surface area contributed by atoms with E-state index in [4.69, 9.17) is 5.26 Å². The minimum atomic E-state index is 0.0680. The van der Waals surface area contributed by atoms with Crippen LogP contribution in [-0.4, -0.2) is 37.0 Å². The van der Waals surface area contributed by atoms with Crippen molar-refractivity contribution in [2.24, 2.45) is 0 Å². The van der Waals surface area contributed by atoms with E-state index in [0.717, 1.165) is 38.2 Å². The van der Waals surface area contributed by atoms with Crippen molar-refractivity contribution in [3.05, 3.63) is 35.4 Å². The Morgan fingerprint density at radius 2 is 2.28 bits per heavy atom. The zero-order valence-corrected chi connectivity index (χ0v) is 10.4. The fourth-order valence-corrected chi connectivity index (χ4v) is 2.14. The van der Waals surface area contributed by atoms with E-state index in [2.05, 4.69) is 11.4 Å². The van der Waals surface area contributed by atoms with E-state index in [1.54, 1.807) is 0 Å². The highest BCUT2D eigenvalue weighted by Gasteiger charge is 2.16. The normalized spacial score (nSPS) is 15.8. The molecule has 1 aromatic carbocycles. The maximum absolute atomic E-state index is 12.3. The molecule has 0 radical (unpaired) electrons. The van der Waals surface area contributed by atoms with Crippen molar-refractivity contribution >= 4 is 5.91 Å². The predicted molar refractivity (Wildman–Crippen MR) is 69.1 cm³/mol. The molecule has 1 aliphatic heterocycles. The molecular formula is C14H17N3O. The van der Waals surface area contributed by atoms with Crippen LogP contribution in [0.3, 0.4) is 0 Å². The first-order valence-corrected chi connectivity index (χ1v) is 6.27. The van der Waals surface area contributed by atoms with E-state index in [9.17, 15) is 4.79 Å². The SMILES string of the molecule is N#CCc1cccc(C(=O)N2CCCNCC2)c1. The number of hydrogen-bond donors (Lipinski definition) is 1. The number of benzene rings is 1. The molecule has 0 saturated carbocycles. The summed E-state index contributed by atoms with van der Waals surface area (Å²) in [6.07, 6.45) is 1.34. The van der Waals surface area contributed by atoms with Gasteiger partial charge >= 0.3 is 0 Å². The summed E-state index contributed by atoms with van der Waals surface area (Å²) < 4.78 is 0. The monoisotopic (exact) mass is 243 g/mol. The van der Waals surface area contributed by atoms with Crippen LogP contribution in [0.1, 0.15) is 22.3 Å². The van der Waals surface area contributed by atoms with Crippen molar-refractivity contribution < 1.29 is 4.79 Å². The molecule has 0 atom stereocenters. The first-order valence-electron chi connectivity index (χ1n) is 6.27. The summed E-state index contributed by atoms with van der Waals surface area (Å²) in [6.45, 7) is 3.37. The fourth-order valence-electron chi connectivity index (χ4n) is 2.14. The predicted octanol–water partition coefficient (Wildman–Crippen LogP) is 1.19. The van der Waals surface area contributed by atoms with Gasteiger partial charge in [-0.15, -0.1) is 0 Å². The van der Waals surface area contributed by atoms with Gasteiger partial charge in [0.05, 0.1) is 12.5 Å². The van der Waals surface area contributed by atoms with E-state index in [1.807, 2.05) is 29.2 Å². The van der Waals surface area contributed by atoms with Crippen LogP contribution >= 0.6 is 0 Å². The van der Waals surface area contributed by atoms with E-state index in [-0.39, 0.29) is 5.91 Å². The molecule has 0 aromatic heterocycles. The van der Waals surface area contributed by atoms with Crippen molar-refractivity contribution in [2.75, 3.05) is 26.2 Å². The van der Waals surface area contributed by atoms with E-state index in [1.165, 1.54) is 0 Å². The summed E-state index contributed by atoms with van der Waals surface area (Å²) in [5.74, 6) is 0.0680. The van der Waals surface area contributed by atoms with Crippen LogP contribution in [0, 0.1) is 11.3 Å². The van der Waals surface area contributed by atoms with Crippen molar-refractivity contribution in [3.63, 3.8) is 0 Å². The zero-order valence-electron chi connectivity index (χ0n) is 10.4. The molecule has 0 bridgehead atoms. The average molecular weight is 243 g/mol. The van der Waals surface area contributed by atoms with Crippen LogP contribution in [0.4, 0.5) is 0 Å². The number of carbonyl (C=O) groups excluding carboxylic acids is 1. The van der Waals surface area contributed by atoms with Gasteiger partial charge in [-0.2, -0.15) is 5.26 Å². The Morgan fingerprint density at radius 3 is 3.11 bits per heavy atom. The summed E-state index contributed by atoms with van der Waals surface area (Å²) in [6, 6.07) is 9.47. The quantitative estimate of drug-likeness (QED) is 0.848. The van der Waals surface area contributed by atoms with E-state index in [0.29, 0.717) is 12.0 Å². The van der Waals surface area contributed by atoms with Gasteiger partial charge in [0.15, 0.2) is 0 Å². The number of carbonyl (C=O) groups is 1. The molecule has 1 amide bonds. The second-order valence-corrected chi connectivity index (χ2v) is 4.43. The van der Waals surface area contributed by atoms with Gasteiger partial charge < -0.3 is 10.2 Å². The van der Waals surface area contributed by atoms with Gasteiger partial charge in [0.25, 0.3) is 5.91 Å². The molecular weight excluding hydrogens is 226 g/mol. The third-order valence-corrected chi connectivity index (χ3v) is 3.08. The average Bonchev–Trinajstić information content (AvgIpc) is 2.67. The number of hydrogen-bond acceptors (Lipinski definition) is 3. The molecule has 1 aromatic rings. The standard InChI is InChI=1S/C14H17N3O/c15-6-5-12-3-1-4-13(11-12)14(18)17-9-2-7-16-8-10-17/h1,3-4,11,16H,2,5,7-10H2.